The number of hydrogen-bond donors (Lipinski definition) is 1. The van der Waals surface area contributed by atoms with Crippen molar-refractivity contribution in [1.82, 2.24) is 9.97 Å². The summed E-state index contributed by atoms with van der Waals surface area (Å²) in [7, 11) is 0. The van der Waals surface area contributed by atoms with Crippen LogP contribution in [0.1, 0.15) is 0 Å². The number of nitrogen functional groups attached to an aromatic ring is 1. The van der Waals surface area contributed by atoms with Gasteiger partial charge in [0.05, 0.1) is 9.99 Å². The van der Waals surface area contributed by atoms with Crippen molar-refractivity contribution in [2.45, 2.75) is 0 Å². The van der Waals surface area contributed by atoms with Crippen LogP contribution in [0, 0.1) is 0 Å². The first kappa shape index (κ1) is 13.3. The molecule has 0 radical (unpaired) electrons. The van der Waals surface area contributed by atoms with E-state index in [0.717, 1.165) is 14.5 Å². The van der Waals surface area contributed by atoms with Gasteiger partial charge in [0.25, 0.3) is 0 Å². The van der Waals surface area contributed by atoms with Gasteiger partial charge in [-0.15, -0.1) is 0 Å². The lowest BCUT2D eigenvalue weighted by molar-refractivity contribution is 0.484. The molecule has 2 heterocycles. The van der Waals surface area contributed by atoms with Gasteiger partial charge < -0.3 is 10.5 Å². The first-order valence-electron chi connectivity index (χ1n) is 5.77. The SMILES string of the molecule is Nc1cccc(Oc2ccnc3cc(Br)cnc23)c1Br. The quantitative estimate of drug-likeness (QED) is 0.648. The van der Waals surface area contributed by atoms with Gasteiger partial charge in [-0.1, -0.05) is 6.07 Å². The normalized spacial score (nSPS) is 10.7. The number of rotatable bonds is 2. The molecule has 1 aromatic carbocycles. The van der Waals surface area contributed by atoms with Crippen molar-refractivity contribution in [3.63, 3.8) is 0 Å². The molecule has 0 saturated carbocycles. The molecule has 0 bridgehead atoms. The highest BCUT2D eigenvalue weighted by Crippen LogP contribution is 2.35. The van der Waals surface area contributed by atoms with E-state index in [1.807, 2.05) is 18.2 Å². The number of pyridine rings is 2. The predicted molar refractivity (Wildman–Crippen MR) is 85.9 cm³/mol. The van der Waals surface area contributed by atoms with Crippen LogP contribution in [0.4, 0.5) is 5.69 Å². The van der Waals surface area contributed by atoms with Crippen molar-refractivity contribution < 1.29 is 4.74 Å². The summed E-state index contributed by atoms with van der Waals surface area (Å²) in [4.78, 5) is 8.62. The minimum Gasteiger partial charge on any atom is -0.454 e. The minimum atomic E-state index is 0.622. The molecule has 100 valence electrons. The number of nitrogens with zero attached hydrogens (tertiary/aromatic N) is 2. The van der Waals surface area contributed by atoms with Gasteiger partial charge in [-0.25, -0.2) is 4.98 Å². The van der Waals surface area contributed by atoms with Crippen LogP contribution in [0.5, 0.6) is 11.5 Å². The number of ether oxygens (including phenoxy) is 1. The van der Waals surface area contributed by atoms with Crippen molar-refractivity contribution in [3.05, 3.63) is 51.7 Å². The Kier molecular flexibility index (Phi) is 3.58. The maximum Gasteiger partial charge on any atom is 0.156 e. The van der Waals surface area contributed by atoms with Gasteiger partial charge in [-0.2, -0.15) is 0 Å². The summed E-state index contributed by atoms with van der Waals surface area (Å²) in [5.41, 5.74) is 7.93. The maximum absolute atomic E-state index is 5.90. The Morgan fingerprint density at radius 3 is 2.75 bits per heavy atom. The second kappa shape index (κ2) is 5.38. The second-order valence-corrected chi connectivity index (χ2v) is 5.80. The molecule has 0 unspecified atom stereocenters. The molecular weight excluding hydrogens is 386 g/mol. The fourth-order valence-electron chi connectivity index (χ4n) is 1.79. The molecule has 0 aliphatic heterocycles. The minimum absolute atomic E-state index is 0.622. The zero-order chi connectivity index (χ0) is 14.1. The van der Waals surface area contributed by atoms with E-state index in [4.69, 9.17) is 10.5 Å². The highest BCUT2D eigenvalue weighted by molar-refractivity contribution is 9.11. The maximum atomic E-state index is 5.90. The summed E-state index contributed by atoms with van der Waals surface area (Å²) >= 11 is 6.80. The van der Waals surface area contributed by atoms with E-state index in [0.29, 0.717) is 22.7 Å². The Morgan fingerprint density at radius 1 is 1.05 bits per heavy atom. The number of hydrogen-bond acceptors (Lipinski definition) is 4. The van der Waals surface area contributed by atoms with E-state index in [9.17, 15) is 0 Å². The van der Waals surface area contributed by atoms with Crippen molar-refractivity contribution in [2.75, 3.05) is 5.73 Å². The Hall–Kier alpha value is -1.66. The van der Waals surface area contributed by atoms with Gasteiger partial charge in [0.1, 0.15) is 11.3 Å². The topological polar surface area (TPSA) is 61.0 Å². The Balaban J connectivity index is 2.09. The van der Waals surface area contributed by atoms with E-state index >= 15 is 0 Å². The van der Waals surface area contributed by atoms with Gasteiger partial charge in [-0.05, 0) is 50.1 Å². The van der Waals surface area contributed by atoms with Crippen LogP contribution in [0.15, 0.2) is 51.7 Å². The van der Waals surface area contributed by atoms with Gasteiger partial charge in [-0.3, -0.25) is 4.98 Å². The van der Waals surface area contributed by atoms with Crippen LogP contribution >= 0.6 is 31.9 Å². The Labute approximate surface area is 132 Å². The molecule has 4 nitrogen and oxygen atoms in total. The van der Waals surface area contributed by atoms with Crippen molar-refractivity contribution >= 4 is 48.6 Å². The molecule has 0 atom stereocenters. The van der Waals surface area contributed by atoms with Crippen LogP contribution in [0.25, 0.3) is 11.0 Å². The van der Waals surface area contributed by atoms with E-state index in [1.165, 1.54) is 0 Å². The summed E-state index contributed by atoms with van der Waals surface area (Å²) in [6.07, 6.45) is 3.40. The molecule has 0 aliphatic carbocycles. The molecule has 3 aromatic rings. The van der Waals surface area contributed by atoms with Crippen LogP contribution < -0.4 is 10.5 Å². The zero-order valence-corrected chi connectivity index (χ0v) is 13.3. The van der Waals surface area contributed by atoms with E-state index in [-0.39, 0.29) is 0 Å². The van der Waals surface area contributed by atoms with Crippen LogP contribution in [0.3, 0.4) is 0 Å². The molecular formula is C14H9Br2N3O. The fourth-order valence-corrected chi connectivity index (χ4v) is 2.45. The van der Waals surface area contributed by atoms with Crippen LogP contribution in [-0.2, 0) is 0 Å². The molecule has 0 spiro atoms. The number of benzene rings is 1. The number of aromatic nitrogens is 2. The van der Waals surface area contributed by atoms with Crippen molar-refractivity contribution in [2.24, 2.45) is 0 Å². The highest BCUT2D eigenvalue weighted by Gasteiger charge is 2.09. The molecule has 20 heavy (non-hydrogen) atoms. The summed E-state index contributed by atoms with van der Waals surface area (Å²) < 4.78 is 7.50. The summed E-state index contributed by atoms with van der Waals surface area (Å²) in [6.45, 7) is 0. The largest absolute Gasteiger partial charge is 0.454 e. The Morgan fingerprint density at radius 2 is 1.90 bits per heavy atom. The predicted octanol–water partition coefficient (Wildman–Crippen LogP) is 4.53. The standard InChI is InChI=1S/C14H9Br2N3O/c15-8-6-10-14(19-7-8)12(4-5-18-10)20-11-3-1-2-9(17)13(11)16/h1-7H,17H2. The average Bonchev–Trinajstić information content (AvgIpc) is 2.44. The highest BCUT2D eigenvalue weighted by atomic mass is 79.9. The summed E-state index contributed by atoms with van der Waals surface area (Å²) in [5.74, 6) is 1.27. The molecule has 6 heteroatoms. The van der Waals surface area contributed by atoms with E-state index in [2.05, 4.69) is 41.8 Å². The monoisotopic (exact) mass is 393 g/mol. The first-order chi connectivity index (χ1) is 9.65. The molecule has 2 aromatic heterocycles. The molecule has 0 fully saturated rings. The number of anilines is 1. The van der Waals surface area contributed by atoms with E-state index < -0.39 is 0 Å². The van der Waals surface area contributed by atoms with Gasteiger partial charge >= 0.3 is 0 Å². The molecule has 0 amide bonds. The zero-order valence-electron chi connectivity index (χ0n) is 10.2. The third-order valence-electron chi connectivity index (χ3n) is 2.72. The summed E-state index contributed by atoms with van der Waals surface area (Å²) in [6, 6.07) is 9.15. The smallest absolute Gasteiger partial charge is 0.156 e. The van der Waals surface area contributed by atoms with Crippen molar-refractivity contribution in [1.29, 1.82) is 0 Å². The second-order valence-electron chi connectivity index (χ2n) is 4.09. The number of fused-ring (bicyclic) bond motifs is 1. The lowest BCUT2D eigenvalue weighted by Gasteiger charge is -2.10. The third-order valence-corrected chi connectivity index (χ3v) is 4.00. The van der Waals surface area contributed by atoms with Gasteiger partial charge in [0.15, 0.2) is 5.75 Å². The average molecular weight is 395 g/mol. The summed E-state index contributed by atoms with van der Waals surface area (Å²) in [5, 5.41) is 0. The fraction of sp³-hybridized carbons (Fsp3) is 0. The first-order valence-corrected chi connectivity index (χ1v) is 7.36. The van der Waals surface area contributed by atoms with Gasteiger partial charge in [0.2, 0.25) is 0 Å². The molecule has 0 saturated heterocycles. The van der Waals surface area contributed by atoms with Crippen molar-refractivity contribution in [3.8, 4) is 11.5 Å². The van der Waals surface area contributed by atoms with Gasteiger partial charge in [0, 0.05) is 28.6 Å². The Bertz CT molecular complexity index is 792. The lowest BCUT2D eigenvalue weighted by Crippen LogP contribution is -1.93. The van der Waals surface area contributed by atoms with Crippen LogP contribution in [-0.4, -0.2) is 9.97 Å². The number of nitrogens with two attached hydrogens (primary N) is 1. The third kappa shape index (κ3) is 2.48. The lowest BCUT2D eigenvalue weighted by atomic mass is 10.3. The molecule has 3 rings (SSSR count). The molecule has 0 aliphatic rings. The molecule has 2 N–H and O–H groups in total. The van der Waals surface area contributed by atoms with E-state index in [1.54, 1.807) is 24.5 Å². The number of halogens is 2. The van der Waals surface area contributed by atoms with Crippen LogP contribution in [0.2, 0.25) is 0 Å².